The van der Waals surface area contributed by atoms with Gasteiger partial charge in [0.25, 0.3) is 0 Å². The van der Waals surface area contributed by atoms with Crippen molar-refractivity contribution in [3.63, 3.8) is 0 Å². The molecule has 3 heteroatoms. The molecule has 1 aromatic carbocycles. The van der Waals surface area contributed by atoms with Crippen LogP contribution in [0.4, 0.5) is 0 Å². The van der Waals surface area contributed by atoms with Crippen molar-refractivity contribution >= 4 is 24.4 Å². The van der Waals surface area contributed by atoms with E-state index in [-0.39, 0.29) is 12.3 Å². The van der Waals surface area contributed by atoms with Crippen LogP contribution in [0.15, 0.2) is 64.1 Å². The number of allylic oxidation sites excluding steroid dienone is 4. The Labute approximate surface area is 158 Å². The fourth-order valence-corrected chi connectivity index (χ4v) is 2.37. The van der Waals surface area contributed by atoms with Gasteiger partial charge in [-0.2, -0.15) is 0 Å². The molecule has 0 saturated carbocycles. The lowest BCUT2D eigenvalue weighted by molar-refractivity contribution is -0.117. The van der Waals surface area contributed by atoms with Gasteiger partial charge in [-0.15, -0.1) is 0 Å². The minimum atomic E-state index is 0.154. The number of hydrogen-bond donors (Lipinski definition) is 0. The summed E-state index contributed by atoms with van der Waals surface area (Å²) < 4.78 is 0. The summed E-state index contributed by atoms with van der Waals surface area (Å²) in [5.74, 6) is 0.154. The molecule has 0 saturated heterocycles. The first kappa shape index (κ1) is 21.5. The first-order valence-electron chi connectivity index (χ1n) is 9.12. The molecule has 1 aromatic rings. The van der Waals surface area contributed by atoms with Crippen molar-refractivity contribution in [1.29, 1.82) is 0 Å². The van der Waals surface area contributed by atoms with E-state index < -0.39 is 0 Å². The number of rotatable bonds is 11. The fraction of sp³-hybridized carbons (Fsp3) is 0.348. The van der Waals surface area contributed by atoms with Gasteiger partial charge in [0.2, 0.25) is 0 Å². The normalized spacial score (nSPS) is 12.4. The Balaban J connectivity index is 2.77. The number of hydrogen-bond acceptors (Lipinski definition) is 3. The number of carbonyl (C=O) groups is 1. The minimum absolute atomic E-state index is 0.154. The van der Waals surface area contributed by atoms with E-state index in [1.165, 1.54) is 5.56 Å². The van der Waals surface area contributed by atoms with Gasteiger partial charge in [-0.3, -0.25) is 14.8 Å². The average Bonchev–Trinajstić information content (AvgIpc) is 2.66. The van der Waals surface area contributed by atoms with E-state index in [4.69, 9.17) is 0 Å². The summed E-state index contributed by atoms with van der Waals surface area (Å²) in [6.45, 7) is 14.0. The summed E-state index contributed by atoms with van der Waals surface area (Å²) in [5.41, 5.74) is 5.39. The van der Waals surface area contributed by atoms with Gasteiger partial charge in [0, 0.05) is 19.1 Å². The number of nitrogens with zero attached hydrogens (tertiary/aromatic N) is 2. The zero-order chi connectivity index (χ0) is 19.4. The highest BCUT2D eigenvalue weighted by Gasteiger charge is 2.00. The number of Topliss-reactive ketones (excluding diaryl/α,β-unsaturated/α-hetero) is 1. The van der Waals surface area contributed by atoms with Crippen molar-refractivity contribution < 1.29 is 4.79 Å². The summed E-state index contributed by atoms with van der Waals surface area (Å²) in [6, 6.07) is 8.41. The third-order valence-corrected chi connectivity index (χ3v) is 4.15. The zero-order valence-electron chi connectivity index (χ0n) is 16.3. The molecule has 0 spiro atoms. The topological polar surface area (TPSA) is 41.8 Å². The van der Waals surface area contributed by atoms with Crippen molar-refractivity contribution in [2.75, 3.05) is 6.54 Å². The summed E-state index contributed by atoms with van der Waals surface area (Å²) in [4.78, 5) is 19.6. The highest BCUT2D eigenvalue weighted by Crippen LogP contribution is 2.19. The van der Waals surface area contributed by atoms with Crippen LogP contribution in [0, 0.1) is 0 Å². The Morgan fingerprint density at radius 2 is 1.85 bits per heavy atom. The third kappa shape index (κ3) is 7.56. The molecule has 0 N–H and O–H groups in total. The van der Waals surface area contributed by atoms with Crippen molar-refractivity contribution in [3.05, 3.63) is 65.3 Å². The Morgan fingerprint density at radius 3 is 2.38 bits per heavy atom. The van der Waals surface area contributed by atoms with Crippen LogP contribution in [0.3, 0.4) is 0 Å². The molecule has 3 nitrogen and oxygen atoms in total. The highest BCUT2D eigenvalue weighted by molar-refractivity contribution is 5.81. The smallest absolute Gasteiger partial charge is 0.153 e. The van der Waals surface area contributed by atoms with Crippen molar-refractivity contribution in [3.8, 4) is 0 Å². The van der Waals surface area contributed by atoms with E-state index in [1.807, 2.05) is 13.8 Å². The van der Waals surface area contributed by atoms with Gasteiger partial charge in [0.15, 0.2) is 5.78 Å². The molecule has 0 aliphatic rings. The maximum atomic E-state index is 11.3. The molecule has 0 aliphatic heterocycles. The predicted octanol–water partition coefficient (Wildman–Crippen LogP) is 5.62. The van der Waals surface area contributed by atoms with Gasteiger partial charge in [-0.25, -0.2) is 0 Å². The first-order valence-corrected chi connectivity index (χ1v) is 9.12. The second-order valence-electron chi connectivity index (χ2n) is 6.16. The lowest BCUT2D eigenvalue weighted by Gasteiger charge is -2.05. The number of aryl methyl sites for hydroxylation is 1. The van der Waals surface area contributed by atoms with E-state index in [2.05, 4.69) is 66.6 Å². The predicted molar refractivity (Wildman–Crippen MR) is 114 cm³/mol. The molecule has 1 rings (SSSR count). The van der Waals surface area contributed by atoms with E-state index >= 15 is 0 Å². The Bertz CT molecular complexity index is 706. The van der Waals surface area contributed by atoms with Crippen molar-refractivity contribution in [2.45, 2.75) is 46.5 Å². The Hall–Kier alpha value is -2.55. The molecule has 0 heterocycles. The molecule has 26 heavy (non-hydrogen) atoms. The number of benzene rings is 1. The highest BCUT2D eigenvalue weighted by atomic mass is 16.1. The monoisotopic (exact) mass is 350 g/mol. The summed E-state index contributed by atoms with van der Waals surface area (Å²) in [7, 11) is 0. The van der Waals surface area contributed by atoms with Crippen LogP contribution < -0.4 is 0 Å². The van der Waals surface area contributed by atoms with Crippen LogP contribution in [-0.2, 0) is 11.2 Å². The molecular weight excluding hydrogens is 320 g/mol. The van der Waals surface area contributed by atoms with E-state index in [0.29, 0.717) is 12.8 Å². The maximum absolute atomic E-state index is 11.3. The second kappa shape index (κ2) is 11.9. The Morgan fingerprint density at radius 1 is 1.15 bits per heavy atom. The van der Waals surface area contributed by atoms with Gasteiger partial charge < -0.3 is 0 Å². The second-order valence-corrected chi connectivity index (χ2v) is 6.16. The third-order valence-electron chi connectivity index (χ3n) is 4.15. The number of ketones is 1. The molecule has 138 valence electrons. The summed E-state index contributed by atoms with van der Waals surface area (Å²) in [5, 5.41) is 0. The van der Waals surface area contributed by atoms with E-state index in [0.717, 1.165) is 35.2 Å². The minimum Gasteiger partial charge on any atom is -0.298 e. The van der Waals surface area contributed by atoms with Crippen LogP contribution in [0.25, 0.3) is 5.70 Å². The van der Waals surface area contributed by atoms with Crippen molar-refractivity contribution in [2.24, 2.45) is 9.98 Å². The standard InChI is InChI=1S/C23H30N2O/c1-6-19-11-13-21(14-12-19)23(24-5)10-8-9-20(18(3)4)15-16-25-17-22(26)7-2/h9-14,16H,3,5-8,15,17H2,1-2,4H3/b20-9+,23-10-,25-16?. The molecular formula is C23H30N2O. The van der Waals surface area contributed by atoms with Crippen molar-refractivity contribution in [1.82, 2.24) is 0 Å². The van der Waals surface area contributed by atoms with E-state index in [9.17, 15) is 4.79 Å². The molecule has 0 aliphatic carbocycles. The summed E-state index contributed by atoms with van der Waals surface area (Å²) >= 11 is 0. The first-order chi connectivity index (χ1) is 12.5. The summed E-state index contributed by atoms with van der Waals surface area (Å²) in [6.07, 6.45) is 8.97. The van der Waals surface area contributed by atoms with Crippen LogP contribution in [-0.4, -0.2) is 25.3 Å². The van der Waals surface area contributed by atoms with Gasteiger partial charge in [0.05, 0.1) is 12.2 Å². The fourth-order valence-electron chi connectivity index (χ4n) is 2.37. The molecule has 0 radical (unpaired) electrons. The largest absolute Gasteiger partial charge is 0.298 e. The van der Waals surface area contributed by atoms with Crippen LogP contribution in [0.2, 0.25) is 0 Å². The molecule has 0 atom stereocenters. The molecule has 0 bridgehead atoms. The SMILES string of the molecule is C=N/C(=C\C/C=C(\CC=NCC(=O)CC)C(=C)C)c1ccc(CC)cc1. The van der Waals surface area contributed by atoms with Gasteiger partial charge in [-0.05, 0) is 43.2 Å². The number of aliphatic imine (C=N–C) groups is 2. The Kier molecular flexibility index (Phi) is 9.85. The number of carbonyl (C=O) groups excluding carboxylic acids is 1. The molecule has 0 aromatic heterocycles. The molecule has 0 amide bonds. The molecule has 0 unspecified atom stereocenters. The van der Waals surface area contributed by atoms with Crippen LogP contribution >= 0.6 is 0 Å². The zero-order valence-corrected chi connectivity index (χ0v) is 16.3. The average molecular weight is 351 g/mol. The lowest BCUT2D eigenvalue weighted by Crippen LogP contribution is -1.99. The van der Waals surface area contributed by atoms with Crippen LogP contribution in [0.1, 0.15) is 51.2 Å². The van der Waals surface area contributed by atoms with Gasteiger partial charge in [-0.1, -0.05) is 62.4 Å². The lowest BCUT2D eigenvalue weighted by atomic mass is 10.0. The van der Waals surface area contributed by atoms with E-state index in [1.54, 1.807) is 6.21 Å². The van der Waals surface area contributed by atoms with Gasteiger partial charge >= 0.3 is 0 Å². The maximum Gasteiger partial charge on any atom is 0.153 e. The molecule has 0 fully saturated rings. The quantitative estimate of drug-likeness (QED) is 0.377. The van der Waals surface area contributed by atoms with Gasteiger partial charge in [0.1, 0.15) is 0 Å². The van der Waals surface area contributed by atoms with Crippen LogP contribution in [0.5, 0.6) is 0 Å².